The number of hydrogen-bond donors (Lipinski definition) is 0. The normalized spacial score (nSPS) is 13.7. The van der Waals surface area contributed by atoms with Gasteiger partial charge in [-0.2, -0.15) is 0 Å². The zero-order valence-corrected chi connectivity index (χ0v) is 49.8. The number of hydrogen-bond acceptors (Lipinski definition) is 2. The highest BCUT2D eigenvalue weighted by molar-refractivity contribution is 7.00. The van der Waals surface area contributed by atoms with Crippen LogP contribution in [-0.2, 0) is 10.8 Å². The van der Waals surface area contributed by atoms with Crippen molar-refractivity contribution >= 4 is 96.2 Å². The lowest BCUT2D eigenvalue weighted by Gasteiger charge is -2.30. The van der Waals surface area contributed by atoms with Gasteiger partial charge in [-0.05, 0) is 166 Å². The molecular weight excluding hydrogens is 1040 g/mol. The van der Waals surface area contributed by atoms with Gasteiger partial charge in [-0.25, -0.2) is 0 Å². The lowest BCUT2D eigenvalue weighted by molar-refractivity contribution is 0.661. The maximum Gasteiger partial charge on any atom is 0.112 e. The fraction of sp³-hybridized carbons (Fsp3) is 0.100. The van der Waals surface area contributed by atoms with Crippen molar-refractivity contribution in [3.8, 4) is 33.6 Å². The Labute approximate surface area is 498 Å². The van der Waals surface area contributed by atoms with Crippen LogP contribution in [0, 0.1) is 0 Å². The molecule has 0 spiro atoms. The summed E-state index contributed by atoms with van der Waals surface area (Å²) in [7, 11) is -2.25. The van der Waals surface area contributed by atoms with Gasteiger partial charge in [-0.1, -0.05) is 209 Å². The molecule has 12 aromatic carbocycles. The molecule has 2 aromatic heterocycles. The van der Waals surface area contributed by atoms with Gasteiger partial charge in [0.2, 0.25) is 0 Å². The summed E-state index contributed by atoms with van der Waals surface area (Å²) in [5.41, 5.74) is 24.3. The number of rotatable bonds is 10. The van der Waals surface area contributed by atoms with Crippen molar-refractivity contribution in [2.45, 2.75) is 51.6 Å². The van der Waals surface area contributed by atoms with Crippen LogP contribution >= 0.6 is 0 Å². The molecule has 0 saturated carbocycles. The highest BCUT2D eigenvalue weighted by Gasteiger charge is 2.41. The molecule has 2 aliphatic carbocycles. The topological polar surface area (TPSA) is 16.3 Å². The average Bonchev–Trinajstić information content (AvgIpc) is 2.81. The standard InChI is InChI=1S/C80H64N4Si/c1-79(2)71-49-59(81(53-23-11-7-12-24-53)57-37-45-77-69(47-57)67-31-19-21-33-75(67)83(77)55-27-15-9-16-28-55)35-41-63(71)65-43-39-61(51-73(65)79)85(5,6)62-40-44-66-64-42-36-60(50-72(64)80(3,4)74(66)52-62)82(54-25-13-8-14-26-54)58-38-46-78-70(48-58)68-32-20-22-34-76(68)84(78)56-29-17-10-18-30-56/h7-52H,1-6H3. The second kappa shape index (κ2) is 19.0. The highest BCUT2D eigenvalue weighted by atomic mass is 28.3. The Bertz CT molecular complexity index is 4660. The minimum atomic E-state index is -2.25. The van der Waals surface area contributed by atoms with Crippen molar-refractivity contribution in [2.24, 2.45) is 0 Å². The Hall–Kier alpha value is -9.94. The zero-order valence-electron chi connectivity index (χ0n) is 48.8. The van der Waals surface area contributed by atoms with E-state index in [-0.39, 0.29) is 10.8 Å². The first-order valence-electron chi connectivity index (χ1n) is 29.9. The minimum Gasteiger partial charge on any atom is -0.310 e. The Morgan fingerprint density at radius 3 is 0.976 bits per heavy atom. The maximum absolute atomic E-state index is 2.58. The van der Waals surface area contributed by atoms with Gasteiger partial charge < -0.3 is 18.9 Å². The van der Waals surface area contributed by atoms with Crippen LogP contribution in [0.3, 0.4) is 0 Å². The van der Waals surface area contributed by atoms with E-state index in [0.717, 1.165) is 45.5 Å². The average molecular weight is 1110 g/mol. The van der Waals surface area contributed by atoms with Crippen LogP contribution in [0.2, 0.25) is 13.1 Å². The monoisotopic (exact) mass is 1110 g/mol. The molecule has 2 heterocycles. The van der Waals surface area contributed by atoms with E-state index in [1.54, 1.807) is 0 Å². The maximum atomic E-state index is 2.58. The van der Waals surface area contributed by atoms with Crippen LogP contribution in [0.1, 0.15) is 49.9 Å². The van der Waals surface area contributed by atoms with Crippen molar-refractivity contribution < 1.29 is 0 Å². The highest BCUT2D eigenvalue weighted by Crippen LogP contribution is 2.53. The van der Waals surface area contributed by atoms with E-state index in [1.807, 2.05) is 0 Å². The van der Waals surface area contributed by atoms with Crippen molar-refractivity contribution in [1.29, 1.82) is 0 Å². The van der Waals surface area contributed by atoms with Crippen molar-refractivity contribution in [2.75, 3.05) is 9.80 Å². The van der Waals surface area contributed by atoms with Crippen LogP contribution in [-0.4, -0.2) is 17.2 Å². The van der Waals surface area contributed by atoms with Gasteiger partial charge >= 0.3 is 0 Å². The summed E-state index contributed by atoms with van der Waals surface area (Å²) in [6.07, 6.45) is 0. The van der Waals surface area contributed by atoms with Crippen molar-refractivity contribution in [3.05, 3.63) is 301 Å². The van der Waals surface area contributed by atoms with E-state index in [9.17, 15) is 0 Å². The summed E-state index contributed by atoms with van der Waals surface area (Å²) in [5.74, 6) is 0. The summed E-state index contributed by atoms with van der Waals surface area (Å²) < 4.78 is 4.78. The molecule has 0 atom stereocenters. The Morgan fingerprint density at radius 1 is 0.271 bits per heavy atom. The van der Waals surface area contributed by atoms with Crippen LogP contribution in [0.15, 0.2) is 279 Å². The number of aromatic nitrogens is 2. The smallest absolute Gasteiger partial charge is 0.112 e. The van der Waals surface area contributed by atoms with E-state index in [0.29, 0.717) is 0 Å². The largest absolute Gasteiger partial charge is 0.310 e. The summed E-state index contributed by atoms with van der Waals surface area (Å²) >= 11 is 0. The molecule has 0 bridgehead atoms. The predicted octanol–water partition coefficient (Wildman–Crippen LogP) is 20.3. The lowest BCUT2D eigenvalue weighted by atomic mass is 9.82. The van der Waals surface area contributed by atoms with Crippen molar-refractivity contribution in [3.63, 3.8) is 0 Å². The molecule has 85 heavy (non-hydrogen) atoms. The molecule has 14 aromatic rings. The first-order chi connectivity index (χ1) is 41.4. The fourth-order valence-electron chi connectivity index (χ4n) is 14.6. The third kappa shape index (κ3) is 7.80. The van der Waals surface area contributed by atoms with Gasteiger partial charge in [0, 0.05) is 77.9 Å². The first kappa shape index (κ1) is 50.8. The zero-order chi connectivity index (χ0) is 57.3. The van der Waals surface area contributed by atoms with Crippen molar-refractivity contribution in [1.82, 2.24) is 9.13 Å². The molecule has 5 heteroatoms. The molecule has 4 nitrogen and oxygen atoms in total. The van der Waals surface area contributed by atoms with E-state index in [2.05, 4.69) is 339 Å². The Morgan fingerprint density at radius 2 is 0.576 bits per heavy atom. The quantitative estimate of drug-likeness (QED) is 0.127. The minimum absolute atomic E-state index is 0.226. The van der Waals surface area contributed by atoms with Gasteiger partial charge in [-0.3, -0.25) is 0 Å². The molecule has 0 unspecified atom stereocenters. The fourth-order valence-corrected chi connectivity index (χ4v) is 17.0. The molecule has 0 N–H and O–H groups in total. The second-order valence-corrected chi connectivity index (χ2v) is 29.4. The molecule has 0 saturated heterocycles. The second-order valence-electron chi connectivity index (χ2n) is 25.0. The Kier molecular flexibility index (Phi) is 11.4. The van der Waals surface area contributed by atoms with Gasteiger partial charge in [0.25, 0.3) is 0 Å². The van der Waals surface area contributed by atoms with Crippen LogP contribution in [0.5, 0.6) is 0 Å². The van der Waals surface area contributed by atoms with E-state index in [1.165, 1.54) is 98.5 Å². The molecule has 0 fully saturated rings. The SMILES string of the molecule is CC1(C)c2cc(N(c3ccccc3)c3ccc4c(c3)c3ccccc3n4-c3ccccc3)ccc2-c2ccc([Si](C)(C)c3ccc4c(c3)C(C)(C)c3cc(N(c5ccccc5)c5ccc6c(c5)c5ccccc5n6-c5ccccc5)ccc3-4)cc21. The number of para-hydroxylation sites is 6. The summed E-state index contributed by atoms with van der Waals surface area (Å²) in [4.78, 5) is 4.88. The summed E-state index contributed by atoms with van der Waals surface area (Å²) in [6, 6.07) is 104. The summed E-state index contributed by atoms with van der Waals surface area (Å²) in [5, 5.41) is 7.87. The molecule has 408 valence electrons. The molecule has 16 rings (SSSR count). The first-order valence-corrected chi connectivity index (χ1v) is 32.9. The van der Waals surface area contributed by atoms with Gasteiger partial charge in [0.1, 0.15) is 8.07 Å². The van der Waals surface area contributed by atoms with Gasteiger partial charge in [0.05, 0.1) is 22.1 Å². The van der Waals surface area contributed by atoms with E-state index < -0.39 is 8.07 Å². The summed E-state index contributed by atoms with van der Waals surface area (Å²) in [6.45, 7) is 14.8. The molecular formula is C80H64N4Si. The number of fused-ring (bicyclic) bond motifs is 12. The van der Waals surface area contributed by atoms with Gasteiger partial charge in [0.15, 0.2) is 0 Å². The third-order valence-corrected chi connectivity index (χ3v) is 22.7. The van der Waals surface area contributed by atoms with E-state index in [4.69, 9.17) is 0 Å². The van der Waals surface area contributed by atoms with Crippen LogP contribution in [0.25, 0.3) is 77.2 Å². The lowest BCUT2D eigenvalue weighted by Crippen LogP contribution is -2.53. The van der Waals surface area contributed by atoms with Gasteiger partial charge in [-0.15, -0.1) is 0 Å². The molecule has 0 amide bonds. The predicted molar refractivity (Wildman–Crippen MR) is 363 cm³/mol. The number of nitrogens with zero attached hydrogens (tertiary/aromatic N) is 4. The number of benzene rings is 12. The molecule has 0 aliphatic heterocycles. The van der Waals surface area contributed by atoms with E-state index >= 15 is 0 Å². The Balaban J connectivity index is 0.730. The number of anilines is 6. The van der Waals surface area contributed by atoms with Crippen LogP contribution in [0.4, 0.5) is 34.1 Å². The van der Waals surface area contributed by atoms with Crippen LogP contribution < -0.4 is 20.2 Å². The molecule has 0 radical (unpaired) electrons. The molecule has 2 aliphatic rings. The third-order valence-electron chi connectivity index (χ3n) is 19.2.